The average Bonchev–Trinajstić information content (AvgIpc) is 2.53. The largest absolute Gasteiger partial charge is 0.378 e. The molecular weight excluding hydrogens is 216 g/mol. The Morgan fingerprint density at radius 2 is 2.50 bits per heavy atom. The van der Waals surface area contributed by atoms with Crippen LogP contribution in [-0.2, 0) is 4.74 Å². The van der Waals surface area contributed by atoms with E-state index in [-0.39, 0.29) is 0 Å². The number of alkyl halides is 1. The van der Waals surface area contributed by atoms with Crippen LogP contribution >= 0.6 is 15.9 Å². The van der Waals surface area contributed by atoms with Gasteiger partial charge in [0.1, 0.15) is 0 Å². The van der Waals surface area contributed by atoms with Gasteiger partial charge in [0.15, 0.2) is 0 Å². The molecule has 1 atom stereocenters. The first-order valence-corrected chi connectivity index (χ1v) is 5.78. The highest BCUT2D eigenvalue weighted by atomic mass is 79.9. The summed E-state index contributed by atoms with van der Waals surface area (Å²) in [6, 6.07) is 0. The third-order valence-electron chi connectivity index (χ3n) is 2.18. The maximum absolute atomic E-state index is 5.55. The molecule has 1 aliphatic rings. The van der Waals surface area contributed by atoms with E-state index in [9.17, 15) is 0 Å². The Morgan fingerprint density at radius 3 is 3.08 bits per heavy atom. The van der Waals surface area contributed by atoms with Crippen molar-refractivity contribution in [1.82, 2.24) is 0 Å². The summed E-state index contributed by atoms with van der Waals surface area (Å²) in [7, 11) is 0. The Kier molecular flexibility index (Phi) is 4.93. The second kappa shape index (κ2) is 5.76. The van der Waals surface area contributed by atoms with Gasteiger partial charge in [0, 0.05) is 11.9 Å². The van der Waals surface area contributed by atoms with Gasteiger partial charge in [-0.25, -0.2) is 0 Å². The van der Waals surface area contributed by atoms with E-state index in [0.29, 0.717) is 6.10 Å². The summed E-state index contributed by atoms with van der Waals surface area (Å²) < 4.78 is 5.55. The molecule has 2 heteroatoms. The third-order valence-corrected chi connectivity index (χ3v) is 2.63. The van der Waals surface area contributed by atoms with Crippen molar-refractivity contribution >= 4 is 15.9 Å². The van der Waals surface area contributed by atoms with Crippen LogP contribution in [0.5, 0.6) is 0 Å². The van der Waals surface area contributed by atoms with Crippen LogP contribution in [0.25, 0.3) is 0 Å². The lowest BCUT2D eigenvalue weighted by Crippen LogP contribution is -2.04. The molecule has 1 fully saturated rings. The van der Waals surface area contributed by atoms with Crippen LogP contribution in [-0.4, -0.2) is 18.0 Å². The van der Waals surface area contributed by atoms with Crippen molar-refractivity contribution in [1.29, 1.82) is 0 Å². The van der Waals surface area contributed by atoms with Crippen LogP contribution in [0.4, 0.5) is 0 Å². The first kappa shape index (κ1) is 10.3. The van der Waals surface area contributed by atoms with Gasteiger partial charge in [0.25, 0.3) is 0 Å². The molecule has 0 spiro atoms. The normalized spacial score (nSPS) is 24.8. The van der Waals surface area contributed by atoms with E-state index in [1.807, 2.05) is 0 Å². The van der Waals surface area contributed by atoms with Crippen molar-refractivity contribution in [3.05, 3.63) is 11.6 Å². The zero-order valence-electron chi connectivity index (χ0n) is 7.68. The Bertz CT molecular complexity index is 148. The number of allylic oxidation sites excluding steroid dienone is 1. The molecule has 1 saturated heterocycles. The third kappa shape index (κ3) is 3.72. The van der Waals surface area contributed by atoms with Gasteiger partial charge in [0.2, 0.25) is 0 Å². The second-order valence-corrected chi connectivity index (χ2v) is 4.16. The minimum Gasteiger partial charge on any atom is -0.378 e. The van der Waals surface area contributed by atoms with E-state index in [1.54, 1.807) is 0 Å². The summed E-state index contributed by atoms with van der Waals surface area (Å²) in [5, 5.41) is 1.07. The molecule has 1 rings (SSSR count). The van der Waals surface area contributed by atoms with E-state index in [4.69, 9.17) is 4.74 Å². The van der Waals surface area contributed by atoms with Gasteiger partial charge in [0.05, 0.1) is 6.10 Å². The first-order valence-electron chi connectivity index (χ1n) is 4.66. The topological polar surface area (TPSA) is 9.23 Å². The van der Waals surface area contributed by atoms with Gasteiger partial charge in [-0.3, -0.25) is 0 Å². The molecule has 0 amide bonds. The minimum atomic E-state index is 0.511. The van der Waals surface area contributed by atoms with Crippen molar-refractivity contribution in [2.24, 2.45) is 0 Å². The molecule has 0 radical (unpaired) electrons. The van der Waals surface area contributed by atoms with Gasteiger partial charge in [-0.15, -0.1) is 0 Å². The summed E-state index contributed by atoms with van der Waals surface area (Å²) in [6.45, 7) is 3.17. The Morgan fingerprint density at radius 1 is 1.67 bits per heavy atom. The molecule has 1 aliphatic heterocycles. The van der Waals surface area contributed by atoms with E-state index in [0.717, 1.165) is 24.8 Å². The molecule has 0 aromatic carbocycles. The highest BCUT2D eigenvalue weighted by Crippen LogP contribution is 2.19. The number of hydrogen-bond acceptors (Lipinski definition) is 1. The maximum atomic E-state index is 5.55. The van der Waals surface area contributed by atoms with E-state index in [1.165, 1.54) is 18.4 Å². The molecule has 1 heterocycles. The van der Waals surface area contributed by atoms with Crippen LogP contribution in [0.1, 0.15) is 32.6 Å². The zero-order valence-corrected chi connectivity index (χ0v) is 9.27. The molecule has 0 saturated carbocycles. The van der Waals surface area contributed by atoms with Crippen molar-refractivity contribution in [3.8, 4) is 0 Å². The predicted molar refractivity (Wildman–Crippen MR) is 55.8 cm³/mol. The van der Waals surface area contributed by atoms with Crippen LogP contribution < -0.4 is 0 Å². The molecule has 12 heavy (non-hydrogen) atoms. The van der Waals surface area contributed by atoms with Gasteiger partial charge in [-0.1, -0.05) is 27.6 Å². The summed E-state index contributed by atoms with van der Waals surface area (Å²) in [6.07, 6.45) is 7.58. The molecule has 1 nitrogen and oxygen atoms in total. The quantitative estimate of drug-likeness (QED) is 0.534. The summed E-state index contributed by atoms with van der Waals surface area (Å²) in [5.74, 6) is 0. The minimum absolute atomic E-state index is 0.511. The van der Waals surface area contributed by atoms with Gasteiger partial charge in [-0.05, 0) is 32.6 Å². The molecule has 0 aromatic rings. The first-order chi connectivity index (χ1) is 5.83. The van der Waals surface area contributed by atoms with Crippen LogP contribution in [0.3, 0.4) is 0 Å². The number of rotatable bonds is 4. The van der Waals surface area contributed by atoms with Crippen molar-refractivity contribution in [3.63, 3.8) is 0 Å². The van der Waals surface area contributed by atoms with E-state index >= 15 is 0 Å². The Hall–Kier alpha value is 0.180. The second-order valence-electron chi connectivity index (χ2n) is 3.37. The molecule has 70 valence electrons. The maximum Gasteiger partial charge on any atom is 0.0612 e. The molecule has 1 unspecified atom stereocenters. The Balaban J connectivity index is 2.19. The fraction of sp³-hybridized carbons (Fsp3) is 0.800. The summed E-state index contributed by atoms with van der Waals surface area (Å²) in [4.78, 5) is 0. The SMILES string of the molecule is CC(=CCCBr)CC1CCCO1. The lowest BCUT2D eigenvalue weighted by Gasteiger charge is -2.08. The summed E-state index contributed by atoms with van der Waals surface area (Å²) >= 11 is 3.41. The lowest BCUT2D eigenvalue weighted by atomic mass is 10.1. The van der Waals surface area contributed by atoms with Gasteiger partial charge >= 0.3 is 0 Å². The molecule has 0 aliphatic carbocycles. The lowest BCUT2D eigenvalue weighted by molar-refractivity contribution is 0.111. The molecule has 0 aromatic heterocycles. The van der Waals surface area contributed by atoms with Crippen LogP contribution in [0, 0.1) is 0 Å². The van der Waals surface area contributed by atoms with E-state index < -0.39 is 0 Å². The summed E-state index contributed by atoms with van der Waals surface area (Å²) in [5.41, 5.74) is 1.47. The van der Waals surface area contributed by atoms with Crippen LogP contribution in [0.2, 0.25) is 0 Å². The number of hydrogen-bond donors (Lipinski definition) is 0. The van der Waals surface area contributed by atoms with Crippen molar-refractivity contribution in [2.45, 2.75) is 38.7 Å². The highest BCUT2D eigenvalue weighted by Gasteiger charge is 2.14. The Labute approximate surface area is 83.3 Å². The standard InChI is InChI=1S/C10H17BrO/c1-9(4-2-6-11)8-10-5-3-7-12-10/h4,10H,2-3,5-8H2,1H3. The monoisotopic (exact) mass is 232 g/mol. The molecule has 0 N–H and O–H groups in total. The fourth-order valence-corrected chi connectivity index (χ4v) is 1.78. The molecular formula is C10H17BrO. The number of ether oxygens (including phenoxy) is 1. The molecule has 0 bridgehead atoms. The highest BCUT2D eigenvalue weighted by molar-refractivity contribution is 9.09. The smallest absolute Gasteiger partial charge is 0.0612 e. The number of halogens is 1. The van der Waals surface area contributed by atoms with Crippen molar-refractivity contribution in [2.75, 3.05) is 11.9 Å². The fourth-order valence-electron chi connectivity index (χ4n) is 1.55. The van der Waals surface area contributed by atoms with Crippen LogP contribution in [0.15, 0.2) is 11.6 Å². The van der Waals surface area contributed by atoms with Gasteiger partial charge < -0.3 is 4.74 Å². The zero-order chi connectivity index (χ0) is 8.81. The van der Waals surface area contributed by atoms with Gasteiger partial charge in [-0.2, -0.15) is 0 Å². The van der Waals surface area contributed by atoms with Crippen molar-refractivity contribution < 1.29 is 4.74 Å². The predicted octanol–water partition coefficient (Wildman–Crippen LogP) is 3.29. The van der Waals surface area contributed by atoms with E-state index in [2.05, 4.69) is 28.9 Å². The average molecular weight is 233 g/mol.